The van der Waals surface area contributed by atoms with Crippen LogP contribution in [0, 0.1) is 0 Å². The van der Waals surface area contributed by atoms with Crippen molar-refractivity contribution in [1.29, 1.82) is 0 Å². The van der Waals surface area contributed by atoms with Crippen LogP contribution in [-0.2, 0) is 7.05 Å². The summed E-state index contributed by atoms with van der Waals surface area (Å²) in [5.41, 5.74) is -0.475. The number of aromatic nitrogens is 2. The Morgan fingerprint density at radius 1 is 1.53 bits per heavy atom. The lowest BCUT2D eigenvalue weighted by atomic mass is 9.89. The van der Waals surface area contributed by atoms with Crippen molar-refractivity contribution in [3.63, 3.8) is 0 Å². The molecule has 1 aromatic rings. The smallest absolute Gasteiger partial charge is 0.125 e. The molecule has 0 bridgehead atoms. The van der Waals surface area contributed by atoms with Crippen molar-refractivity contribution in [3.8, 4) is 0 Å². The van der Waals surface area contributed by atoms with E-state index in [2.05, 4.69) is 21.0 Å². The molecule has 1 unspecified atom stereocenters. The molecule has 0 aromatic carbocycles. The molecule has 0 aliphatic carbocycles. The molecule has 0 radical (unpaired) electrons. The molecule has 0 saturated carbocycles. The summed E-state index contributed by atoms with van der Waals surface area (Å²) in [6, 6.07) is 0. The van der Waals surface area contributed by atoms with E-state index in [0.717, 1.165) is 4.47 Å². The molecular formula is C10H17BrN2O2. The lowest BCUT2D eigenvalue weighted by Gasteiger charge is -2.31. The number of aryl methyl sites for hydroxylation is 1. The quantitative estimate of drug-likeness (QED) is 0.881. The molecule has 0 aliphatic heterocycles. The van der Waals surface area contributed by atoms with Gasteiger partial charge in [-0.2, -0.15) is 5.10 Å². The average molecular weight is 277 g/mol. The van der Waals surface area contributed by atoms with Crippen LogP contribution in [0.1, 0.15) is 38.5 Å². The second kappa shape index (κ2) is 4.63. The third-order valence-electron chi connectivity index (χ3n) is 2.93. The first kappa shape index (κ1) is 12.7. The first-order valence-corrected chi connectivity index (χ1v) is 5.83. The van der Waals surface area contributed by atoms with Crippen LogP contribution in [0.3, 0.4) is 0 Å². The fraction of sp³-hybridized carbons (Fsp3) is 0.700. The van der Waals surface area contributed by atoms with Crippen molar-refractivity contribution >= 4 is 15.9 Å². The Morgan fingerprint density at radius 2 is 2.07 bits per heavy atom. The highest BCUT2D eigenvalue weighted by molar-refractivity contribution is 9.10. The summed E-state index contributed by atoms with van der Waals surface area (Å²) in [7, 11) is 1.75. The zero-order chi connectivity index (χ0) is 11.6. The van der Waals surface area contributed by atoms with Gasteiger partial charge < -0.3 is 10.2 Å². The van der Waals surface area contributed by atoms with Crippen molar-refractivity contribution in [2.45, 2.75) is 38.4 Å². The molecule has 0 spiro atoms. The first-order chi connectivity index (χ1) is 6.96. The standard InChI is InChI=1S/C10H17BrN2O2/c1-4-10(15,5-2)9(14)8-7(11)6-12-13(8)3/h6,9,14-15H,4-5H2,1-3H3. The second-order valence-corrected chi connectivity index (χ2v) is 4.57. The molecular weight excluding hydrogens is 260 g/mol. The summed E-state index contributed by atoms with van der Waals surface area (Å²) < 4.78 is 2.29. The summed E-state index contributed by atoms with van der Waals surface area (Å²) >= 11 is 3.31. The minimum Gasteiger partial charge on any atom is -0.387 e. The first-order valence-electron chi connectivity index (χ1n) is 5.04. The summed E-state index contributed by atoms with van der Waals surface area (Å²) in [6.07, 6.45) is 1.70. The van der Waals surface area contributed by atoms with Gasteiger partial charge in [0, 0.05) is 7.05 Å². The minimum absolute atomic E-state index is 0.502. The van der Waals surface area contributed by atoms with Gasteiger partial charge in [-0.05, 0) is 28.8 Å². The fourth-order valence-corrected chi connectivity index (χ4v) is 2.18. The highest BCUT2D eigenvalue weighted by atomic mass is 79.9. The van der Waals surface area contributed by atoms with Crippen LogP contribution in [0.5, 0.6) is 0 Å². The molecule has 0 aliphatic rings. The fourth-order valence-electron chi connectivity index (χ4n) is 1.62. The van der Waals surface area contributed by atoms with Gasteiger partial charge in [0.25, 0.3) is 0 Å². The van der Waals surface area contributed by atoms with Crippen molar-refractivity contribution in [2.75, 3.05) is 0 Å². The number of aliphatic hydroxyl groups excluding tert-OH is 1. The molecule has 2 N–H and O–H groups in total. The van der Waals surface area contributed by atoms with Crippen molar-refractivity contribution in [3.05, 3.63) is 16.4 Å². The SMILES string of the molecule is CCC(O)(CC)C(O)c1c(Br)cnn1C. The Hall–Kier alpha value is -0.390. The Morgan fingerprint density at radius 3 is 2.40 bits per heavy atom. The molecule has 0 amide bonds. The van der Waals surface area contributed by atoms with Gasteiger partial charge in [-0.1, -0.05) is 13.8 Å². The molecule has 5 heteroatoms. The van der Waals surface area contributed by atoms with Gasteiger partial charge in [-0.3, -0.25) is 4.68 Å². The number of nitrogens with zero attached hydrogens (tertiary/aromatic N) is 2. The highest BCUT2D eigenvalue weighted by Crippen LogP contribution is 2.34. The molecule has 1 rings (SSSR count). The van der Waals surface area contributed by atoms with E-state index in [1.807, 2.05) is 13.8 Å². The zero-order valence-electron chi connectivity index (χ0n) is 9.24. The van der Waals surface area contributed by atoms with Crippen molar-refractivity contribution in [2.24, 2.45) is 7.05 Å². The van der Waals surface area contributed by atoms with Crippen molar-refractivity contribution < 1.29 is 10.2 Å². The Balaban J connectivity index is 3.08. The predicted molar refractivity (Wildman–Crippen MR) is 61.4 cm³/mol. The highest BCUT2D eigenvalue weighted by Gasteiger charge is 2.36. The van der Waals surface area contributed by atoms with Crippen LogP contribution in [-0.4, -0.2) is 25.6 Å². The monoisotopic (exact) mass is 276 g/mol. The minimum atomic E-state index is -1.09. The van der Waals surface area contributed by atoms with Gasteiger partial charge in [-0.25, -0.2) is 0 Å². The maximum Gasteiger partial charge on any atom is 0.125 e. The molecule has 86 valence electrons. The van der Waals surface area contributed by atoms with Crippen LogP contribution >= 0.6 is 15.9 Å². The topological polar surface area (TPSA) is 58.3 Å². The molecule has 0 fully saturated rings. The van der Waals surface area contributed by atoms with E-state index in [9.17, 15) is 10.2 Å². The lowest BCUT2D eigenvalue weighted by molar-refractivity contribution is -0.0856. The van der Waals surface area contributed by atoms with E-state index < -0.39 is 11.7 Å². The average Bonchev–Trinajstić information content (AvgIpc) is 2.56. The van der Waals surface area contributed by atoms with E-state index in [-0.39, 0.29) is 0 Å². The predicted octanol–water partition coefficient (Wildman–Crippen LogP) is 1.77. The summed E-state index contributed by atoms with van der Waals surface area (Å²) in [5.74, 6) is 0. The van der Waals surface area contributed by atoms with Crippen LogP contribution in [0.2, 0.25) is 0 Å². The molecule has 4 nitrogen and oxygen atoms in total. The number of hydrogen-bond donors (Lipinski definition) is 2. The van der Waals surface area contributed by atoms with Crippen LogP contribution < -0.4 is 0 Å². The number of halogens is 1. The van der Waals surface area contributed by atoms with Crippen LogP contribution in [0.25, 0.3) is 0 Å². The lowest BCUT2D eigenvalue weighted by Crippen LogP contribution is -2.36. The number of aliphatic hydroxyl groups is 2. The van der Waals surface area contributed by atoms with Crippen molar-refractivity contribution in [1.82, 2.24) is 9.78 Å². The van der Waals surface area contributed by atoms with Gasteiger partial charge in [0.2, 0.25) is 0 Å². The van der Waals surface area contributed by atoms with Gasteiger partial charge in [0.1, 0.15) is 6.10 Å². The van der Waals surface area contributed by atoms with E-state index in [1.54, 1.807) is 17.9 Å². The van der Waals surface area contributed by atoms with Gasteiger partial charge in [0.15, 0.2) is 0 Å². The maximum absolute atomic E-state index is 10.2. The largest absolute Gasteiger partial charge is 0.387 e. The van der Waals surface area contributed by atoms with Gasteiger partial charge in [-0.15, -0.1) is 0 Å². The van der Waals surface area contributed by atoms with E-state index >= 15 is 0 Å². The van der Waals surface area contributed by atoms with Gasteiger partial charge >= 0.3 is 0 Å². The van der Waals surface area contributed by atoms with Crippen LogP contribution in [0.15, 0.2) is 10.7 Å². The normalized spacial score (nSPS) is 14.3. The van der Waals surface area contributed by atoms with Crippen LogP contribution in [0.4, 0.5) is 0 Å². The molecule has 1 atom stereocenters. The van der Waals surface area contributed by atoms with Gasteiger partial charge in [0.05, 0.1) is 22.0 Å². The third kappa shape index (κ3) is 2.24. The van der Waals surface area contributed by atoms with E-state index in [1.165, 1.54) is 0 Å². The Bertz CT molecular complexity index is 315. The summed E-state index contributed by atoms with van der Waals surface area (Å²) in [5, 5.41) is 24.4. The number of hydrogen-bond acceptors (Lipinski definition) is 3. The third-order valence-corrected chi connectivity index (χ3v) is 3.54. The molecule has 1 aromatic heterocycles. The Labute approximate surface area is 98.0 Å². The van der Waals surface area contributed by atoms with E-state index in [4.69, 9.17) is 0 Å². The number of rotatable bonds is 4. The van der Waals surface area contributed by atoms with E-state index in [0.29, 0.717) is 18.5 Å². The Kier molecular flexibility index (Phi) is 3.92. The molecule has 15 heavy (non-hydrogen) atoms. The maximum atomic E-state index is 10.2. The zero-order valence-corrected chi connectivity index (χ0v) is 10.8. The summed E-state index contributed by atoms with van der Waals surface area (Å²) in [4.78, 5) is 0. The summed E-state index contributed by atoms with van der Waals surface area (Å²) in [6.45, 7) is 3.72. The molecule has 0 saturated heterocycles. The second-order valence-electron chi connectivity index (χ2n) is 3.71. The molecule has 1 heterocycles.